The number of benzene rings is 2. The van der Waals surface area contributed by atoms with Gasteiger partial charge in [0.2, 0.25) is 15.9 Å². The molecule has 0 spiro atoms. The average molecular weight is 420 g/mol. The molecule has 6 nitrogen and oxygen atoms in total. The SMILES string of the molecule is COc1ccc(S(=O)(=O)N(C)CC(=O)Nc2ccc(F)c(C(F)(F)F)c2)cc1. The minimum Gasteiger partial charge on any atom is -0.497 e. The Hall–Kier alpha value is -2.66. The van der Waals surface area contributed by atoms with Crippen molar-refractivity contribution in [2.45, 2.75) is 11.1 Å². The average Bonchev–Trinajstić information content (AvgIpc) is 2.62. The summed E-state index contributed by atoms with van der Waals surface area (Å²) in [6.07, 6.45) is -4.93. The summed E-state index contributed by atoms with van der Waals surface area (Å²) in [6, 6.07) is 7.38. The number of amides is 1. The van der Waals surface area contributed by atoms with Gasteiger partial charge in [0.25, 0.3) is 0 Å². The quantitative estimate of drug-likeness (QED) is 0.729. The van der Waals surface area contributed by atoms with Crippen LogP contribution < -0.4 is 10.1 Å². The van der Waals surface area contributed by atoms with Crippen LogP contribution in [0.1, 0.15) is 5.56 Å². The van der Waals surface area contributed by atoms with Crippen molar-refractivity contribution in [1.82, 2.24) is 4.31 Å². The van der Waals surface area contributed by atoms with Crippen molar-refractivity contribution in [3.05, 3.63) is 53.8 Å². The molecule has 28 heavy (non-hydrogen) atoms. The first-order valence-electron chi connectivity index (χ1n) is 7.72. The summed E-state index contributed by atoms with van der Waals surface area (Å²) >= 11 is 0. The fourth-order valence-corrected chi connectivity index (χ4v) is 3.36. The molecule has 2 rings (SSSR count). The van der Waals surface area contributed by atoms with Gasteiger partial charge in [0.15, 0.2) is 0 Å². The van der Waals surface area contributed by atoms with Crippen LogP contribution in [0, 0.1) is 5.82 Å². The summed E-state index contributed by atoms with van der Waals surface area (Å²) in [5.41, 5.74) is -1.85. The lowest BCUT2D eigenvalue weighted by Crippen LogP contribution is -2.35. The summed E-state index contributed by atoms with van der Waals surface area (Å²) in [7, 11) is -1.45. The second-order valence-corrected chi connectivity index (χ2v) is 7.72. The number of rotatable bonds is 6. The Labute approximate surface area is 158 Å². The molecule has 152 valence electrons. The smallest absolute Gasteiger partial charge is 0.419 e. The molecule has 0 aliphatic heterocycles. The summed E-state index contributed by atoms with van der Waals surface area (Å²) in [5.74, 6) is -1.93. The molecule has 0 bridgehead atoms. The minimum absolute atomic E-state index is 0.0928. The first-order valence-corrected chi connectivity index (χ1v) is 9.16. The number of hydrogen-bond acceptors (Lipinski definition) is 4. The van der Waals surface area contributed by atoms with Crippen molar-refractivity contribution in [2.24, 2.45) is 0 Å². The molecule has 11 heteroatoms. The molecule has 0 aliphatic carbocycles. The predicted octanol–water partition coefficient (Wildman–Crippen LogP) is 3.11. The number of ether oxygens (including phenoxy) is 1. The van der Waals surface area contributed by atoms with Crippen LogP contribution in [0.4, 0.5) is 23.2 Å². The molecular weight excluding hydrogens is 404 g/mol. The van der Waals surface area contributed by atoms with Crippen LogP contribution in [-0.2, 0) is 21.0 Å². The number of nitrogens with zero attached hydrogens (tertiary/aromatic N) is 1. The third kappa shape index (κ3) is 4.98. The van der Waals surface area contributed by atoms with Crippen LogP contribution >= 0.6 is 0 Å². The van der Waals surface area contributed by atoms with Crippen LogP contribution in [0.3, 0.4) is 0 Å². The summed E-state index contributed by atoms with van der Waals surface area (Å²) < 4.78 is 82.0. The molecule has 0 radical (unpaired) electrons. The zero-order valence-electron chi connectivity index (χ0n) is 14.7. The lowest BCUT2D eigenvalue weighted by molar-refractivity contribution is -0.140. The van der Waals surface area contributed by atoms with E-state index in [1.807, 2.05) is 0 Å². The van der Waals surface area contributed by atoms with Crippen molar-refractivity contribution >= 4 is 21.6 Å². The molecule has 0 heterocycles. The van der Waals surface area contributed by atoms with Crippen LogP contribution in [0.2, 0.25) is 0 Å². The number of sulfonamides is 1. The second kappa shape index (κ2) is 8.15. The zero-order chi connectivity index (χ0) is 21.1. The molecule has 0 saturated carbocycles. The molecule has 2 aromatic rings. The highest BCUT2D eigenvalue weighted by Gasteiger charge is 2.34. The summed E-state index contributed by atoms with van der Waals surface area (Å²) in [6.45, 7) is -0.660. The number of methoxy groups -OCH3 is 1. The molecule has 0 saturated heterocycles. The van der Waals surface area contributed by atoms with E-state index >= 15 is 0 Å². The molecule has 1 N–H and O–H groups in total. The Bertz CT molecular complexity index is 960. The maximum Gasteiger partial charge on any atom is 0.419 e. The fourth-order valence-electron chi connectivity index (χ4n) is 2.24. The van der Waals surface area contributed by atoms with Crippen molar-refractivity contribution in [2.75, 3.05) is 26.0 Å². The molecule has 0 aliphatic rings. The maximum absolute atomic E-state index is 13.3. The number of carbonyl (C=O) groups excluding carboxylic acids is 1. The number of likely N-dealkylation sites (N-methyl/N-ethyl adjacent to an activating group) is 1. The van der Waals surface area contributed by atoms with E-state index < -0.39 is 40.0 Å². The molecule has 0 atom stereocenters. The number of carbonyl (C=O) groups is 1. The highest BCUT2D eigenvalue weighted by atomic mass is 32.2. The fraction of sp³-hybridized carbons (Fsp3) is 0.235. The standard InChI is InChI=1S/C17H16F4N2O4S/c1-23(28(25,26)13-6-4-12(27-2)5-7-13)10-16(24)22-11-3-8-15(18)14(9-11)17(19,20)21/h3-9H,10H2,1-2H3,(H,22,24). The summed E-state index contributed by atoms with van der Waals surface area (Å²) in [5, 5.41) is 2.12. The molecule has 1 amide bonds. The number of alkyl halides is 3. The first-order chi connectivity index (χ1) is 12.9. The van der Waals surface area contributed by atoms with Gasteiger partial charge in [-0.2, -0.15) is 17.5 Å². The van der Waals surface area contributed by atoms with Gasteiger partial charge in [-0.15, -0.1) is 0 Å². The Morgan fingerprint density at radius 3 is 2.29 bits per heavy atom. The summed E-state index contributed by atoms with van der Waals surface area (Å²) in [4.78, 5) is 11.9. The number of hydrogen-bond donors (Lipinski definition) is 1. The van der Waals surface area contributed by atoms with E-state index in [0.717, 1.165) is 17.4 Å². The molecule has 2 aromatic carbocycles. The van der Waals surface area contributed by atoms with E-state index in [9.17, 15) is 30.8 Å². The maximum atomic E-state index is 13.3. The molecule has 0 fully saturated rings. The third-order valence-corrected chi connectivity index (χ3v) is 5.51. The van der Waals surface area contributed by atoms with E-state index in [0.29, 0.717) is 17.9 Å². The van der Waals surface area contributed by atoms with Gasteiger partial charge >= 0.3 is 6.18 Å². The Morgan fingerprint density at radius 1 is 1.14 bits per heavy atom. The monoisotopic (exact) mass is 420 g/mol. The van der Waals surface area contributed by atoms with Crippen molar-refractivity contribution in [3.63, 3.8) is 0 Å². The highest BCUT2D eigenvalue weighted by molar-refractivity contribution is 7.89. The lowest BCUT2D eigenvalue weighted by Gasteiger charge is -2.17. The van der Waals surface area contributed by atoms with Crippen LogP contribution in [0.25, 0.3) is 0 Å². The number of halogens is 4. The predicted molar refractivity (Wildman–Crippen MR) is 92.8 cm³/mol. The van der Waals surface area contributed by atoms with Crippen molar-refractivity contribution in [1.29, 1.82) is 0 Å². The topological polar surface area (TPSA) is 75.7 Å². The van der Waals surface area contributed by atoms with Gasteiger partial charge in [0.1, 0.15) is 11.6 Å². The van der Waals surface area contributed by atoms with Gasteiger partial charge in [-0.1, -0.05) is 0 Å². The highest BCUT2D eigenvalue weighted by Crippen LogP contribution is 2.33. The third-order valence-electron chi connectivity index (χ3n) is 3.69. The van der Waals surface area contributed by atoms with Crippen LogP contribution in [0.5, 0.6) is 5.75 Å². The van der Waals surface area contributed by atoms with Crippen molar-refractivity contribution in [3.8, 4) is 5.75 Å². The van der Waals surface area contributed by atoms with Gasteiger partial charge in [0, 0.05) is 12.7 Å². The van der Waals surface area contributed by atoms with Crippen molar-refractivity contribution < 1.29 is 35.5 Å². The lowest BCUT2D eigenvalue weighted by atomic mass is 10.2. The van der Waals surface area contributed by atoms with E-state index in [1.54, 1.807) is 0 Å². The van der Waals surface area contributed by atoms with Crippen LogP contribution in [0.15, 0.2) is 47.4 Å². The Morgan fingerprint density at radius 2 is 1.75 bits per heavy atom. The van der Waals surface area contributed by atoms with Gasteiger partial charge in [-0.05, 0) is 42.5 Å². The molecule has 0 unspecified atom stereocenters. The van der Waals surface area contributed by atoms with Gasteiger partial charge in [0.05, 0.1) is 24.1 Å². The number of anilines is 1. The Balaban J connectivity index is 2.12. The van der Waals surface area contributed by atoms with Gasteiger partial charge in [-0.25, -0.2) is 12.8 Å². The minimum atomic E-state index is -4.93. The van der Waals surface area contributed by atoms with Gasteiger partial charge < -0.3 is 10.1 Å². The zero-order valence-corrected chi connectivity index (χ0v) is 15.6. The van der Waals surface area contributed by atoms with E-state index in [4.69, 9.17) is 4.74 Å². The van der Waals surface area contributed by atoms with Gasteiger partial charge in [-0.3, -0.25) is 4.79 Å². The Kier molecular flexibility index (Phi) is 6.30. The van der Waals surface area contributed by atoms with E-state index in [2.05, 4.69) is 5.32 Å². The molecule has 0 aromatic heterocycles. The molecular formula is C17H16F4N2O4S. The second-order valence-electron chi connectivity index (χ2n) is 5.68. The first kappa shape index (κ1) is 21.6. The normalized spacial score (nSPS) is 12.1. The number of nitrogens with one attached hydrogen (secondary N) is 1. The van der Waals surface area contributed by atoms with E-state index in [1.165, 1.54) is 31.4 Å². The van der Waals surface area contributed by atoms with E-state index in [-0.39, 0.29) is 10.6 Å². The largest absolute Gasteiger partial charge is 0.497 e. The van der Waals surface area contributed by atoms with Crippen LogP contribution in [-0.4, -0.2) is 39.3 Å².